The molecule has 104 valence electrons. The van der Waals surface area contributed by atoms with Crippen LogP contribution in [0.4, 0.5) is 11.5 Å². The van der Waals surface area contributed by atoms with Gasteiger partial charge in [-0.2, -0.15) is 10.1 Å². The molecule has 1 heterocycles. The number of nitrogens with zero attached hydrogens (tertiary/aromatic N) is 2. The molecular formula is C13H14N4O3. The summed E-state index contributed by atoms with van der Waals surface area (Å²) in [5, 5.41) is 8.71. The topological polar surface area (TPSA) is 97.0 Å². The summed E-state index contributed by atoms with van der Waals surface area (Å²) in [6.45, 7) is 2.34. The normalized spacial score (nSPS) is 10.1. The molecule has 1 aromatic carbocycles. The lowest BCUT2D eigenvalue weighted by Gasteiger charge is -2.06. The van der Waals surface area contributed by atoms with Crippen LogP contribution in [0.2, 0.25) is 0 Å². The highest BCUT2D eigenvalue weighted by Crippen LogP contribution is 2.14. The fraction of sp³-hybridized carbons (Fsp3) is 0.231. The highest BCUT2D eigenvalue weighted by atomic mass is 16.5. The number of benzene rings is 1. The molecule has 7 nitrogen and oxygen atoms in total. The summed E-state index contributed by atoms with van der Waals surface area (Å²) in [6.07, 6.45) is 2.18. The fourth-order valence-electron chi connectivity index (χ4n) is 1.49. The third-order valence-electron chi connectivity index (χ3n) is 2.40. The summed E-state index contributed by atoms with van der Waals surface area (Å²) in [5.74, 6) is -0.0237. The third-order valence-corrected chi connectivity index (χ3v) is 2.40. The number of aromatic amines is 1. The molecule has 0 radical (unpaired) electrons. The van der Waals surface area contributed by atoms with Crippen LogP contribution in [0.15, 0.2) is 35.3 Å². The van der Waals surface area contributed by atoms with Gasteiger partial charge >= 0.3 is 11.7 Å². The fourth-order valence-corrected chi connectivity index (χ4v) is 1.49. The first kappa shape index (κ1) is 13.7. The molecule has 2 N–H and O–H groups in total. The lowest BCUT2D eigenvalue weighted by molar-refractivity contribution is 0.0505. The molecule has 2 rings (SSSR count). The summed E-state index contributed by atoms with van der Waals surface area (Å²) in [5.41, 5.74) is 0.632. The van der Waals surface area contributed by atoms with Gasteiger partial charge in [0, 0.05) is 5.69 Å². The van der Waals surface area contributed by atoms with E-state index < -0.39 is 5.69 Å². The van der Waals surface area contributed by atoms with Crippen LogP contribution in [0.25, 0.3) is 0 Å². The van der Waals surface area contributed by atoms with Gasteiger partial charge in [-0.05, 0) is 30.7 Å². The molecule has 1 aromatic heterocycles. The van der Waals surface area contributed by atoms with Crippen molar-refractivity contribution in [3.05, 3.63) is 46.5 Å². The third kappa shape index (κ3) is 3.64. The van der Waals surface area contributed by atoms with E-state index in [0.29, 0.717) is 23.7 Å². The Bertz CT molecular complexity index is 637. The molecule has 0 atom stereocenters. The van der Waals surface area contributed by atoms with Gasteiger partial charge in [-0.15, -0.1) is 0 Å². The number of hydrogen-bond acceptors (Lipinski definition) is 6. The molecule has 20 heavy (non-hydrogen) atoms. The van der Waals surface area contributed by atoms with Crippen molar-refractivity contribution in [3.8, 4) is 0 Å². The number of H-pyrrole nitrogens is 1. The van der Waals surface area contributed by atoms with Crippen molar-refractivity contribution >= 4 is 17.5 Å². The predicted octanol–water partition coefficient (Wildman–Crippen LogP) is 1.48. The smallest absolute Gasteiger partial charge is 0.363 e. The molecule has 0 bridgehead atoms. The Morgan fingerprint density at radius 1 is 1.35 bits per heavy atom. The number of esters is 1. The first-order chi connectivity index (χ1) is 9.69. The van der Waals surface area contributed by atoms with Crippen LogP contribution in [-0.2, 0) is 4.74 Å². The Hall–Kier alpha value is -2.70. The number of carbonyl (C=O) groups is 1. The molecule has 0 spiro atoms. The Balaban J connectivity index is 2.05. The first-order valence-electron chi connectivity index (χ1n) is 6.15. The summed E-state index contributed by atoms with van der Waals surface area (Å²) in [7, 11) is 0. The number of rotatable bonds is 5. The molecular weight excluding hydrogens is 260 g/mol. The Kier molecular flexibility index (Phi) is 4.43. The van der Waals surface area contributed by atoms with Gasteiger partial charge < -0.3 is 10.1 Å². The summed E-state index contributed by atoms with van der Waals surface area (Å²) < 4.78 is 5.02. The minimum Gasteiger partial charge on any atom is -0.462 e. The van der Waals surface area contributed by atoms with Crippen LogP contribution in [0.5, 0.6) is 0 Å². The van der Waals surface area contributed by atoms with Gasteiger partial charge in [0.1, 0.15) is 0 Å². The molecule has 0 unspecified atom stereocenters. The van der Waals surface area contributed by atoms with E-state index in [1.807, 2.05) is 6.92 Å². The lowest BCUT2D eigenvalue weighted by Crippen LogP contribution is -2.13. The van der Waals surface area contributed by atoms with Crippen LogP contribution in [0.3, 0.4) is 0 Å². The van der Waals surface area contributed by atoms with Crippen molar-refractivity contribution < 1.29 is 9.53 Å². The second-order valence-corrected chi connectivity index (χ2v) is 4.01. The molecule has 0 amide bonds. The number of ether oxygens (including phenoxy) is 1. The van der Waals surface area contributed by atoms with E-state index in [0.717, 1.165) is 6.42 Å². The molecule has 0 aliphatic rings. The second kappa shape index (κ2) is 6.46. The highest BCUT2D eigenvalue weighted by Gasteiger charge is 2.06. The number of aromatic nitrogens is 3. The van der Waals surface area contributed by atoms with Crippen molar-refractivity contribution in [2.45, 2.75) is 13.3 Å². The molecule has 2 aromatic rings. The number of hydrogen-bond donors (Lipinski definition) is 2. The van der Waals surface area contributed by atoms with Gasteiger partial charge in [0.2, 0.25) is 0 Å². The zero-order valence-electron chi connectivity index (χ0n) is 10.9. The van der Waals surface area contributed by atoms with Gasteiger partial charge in [-0.1, -0.05) is 6.92 Å². The average Bonchev–Trinajstić information content (AvgIpc) is 2.45. The number of anilines is 2. The van der Waals surface area contributed by atoms with Crippen LogP contribution >= 0.6 is 0 Å². The van der Waals surface area contributed by atoms with Crippen molar-refractivity contribution in [3.63, 3.8) is 0 Å². The van der Waals surface area contributed by atoms with Gasteiger partial charge in [0.05, 0.1) is 18.4 Å². The molecule has 0 aliphatic heterocycles. The maximum Gasteiger partial charge on any atom is 0.363 e. The van der Waals surface area contributed by atoms with Crippen LogP contribution in [0, 0.1) is 0 Å². The van der Waals surface area contributed by atoms with Crippen LogP contribution in [-0.4, -0.2) is 27.8 Å². The SMILES string of the molecule is CCCOC(=O)c1ccc(Nc2cn[nH]c(=O)n2)cc1. The largest absolute Gasteiger partial charge is 0.462 e. The van der Waals surface area contributed by atoms with E-state index in [2.05, 4.69) is 20.5 Å². The molecule has 0 saturated carbocycles. The molecule has 0 saturated heterocycles. The van der Waals surface area contributed by atoms with Gasteiger partial charge in [-0.25, -0.2) is 14.7 Å². The van der Waals surface area contributed by atoms with E-state index >= 15 is 0 Å². The quantitative estimate of drug-likeness (QED) is 0.801. The lowest BCUT2D eigenvalue weighted by atomic mass is 10.2. The molecule has 7 heteroatoms. The predicted molar refractivity (Wildman–Crippen MR) is 73.0 cm³/mol. The number of nitrogens with one attached hydrogen (secondary N) is 2. The van der Waals surface area contributed by atoms with E-state index in [9.17, 15) is 9.59 Å². The monoisotopic (exact) mass is 274 g/mol. The van der Waals surface area contributed by atoms with Gasteiger partial charge in [-0.3, -0.25) is 0 Å². The average molecular weight is 274 g/mol. The van der Waals surface area contributed by atoms with Crippen molar-refractivity contribution in [1.29, 1.82) is 0 Å². The number of carbonyl (C=O) groups excluding carboxylic acids is 1. The van der Waals surface area contributed by atoms with Crippen LogP contribution in [0.1, 0.15) is 23.7 Å². The zero-order valence-corrected chi connectivity index (χ0v) is 10.9. The van der Waals surface area contributed by atoms with Gasteiger partial charge in [0.25, 0.3) is 0 Å². The summed E-state index contributed by atoms with van der Waals surface area (Å²) in [6, 6.07) is 6.68. The van der Waals surface area contributed by atoms with Crippen molar-refractivity contribution in [2.75, 3.05) is 11.9 Å². The minimum absolute atomic E-state index is 0.329. The molecule has 0 aliphatic carbocycles. The van der Waals surface area contributed by atoms with E-state index in [1.54, 1.807) is 24.3 Å². The maximum atomic E-state index is 11.6. The molecule has 0 fully saturated rings. The van der Waals surface area contributed by atoms with Crippen molar-refractivity contribution in [1.82, 2.24) is 15.2 Å². The highest BCUT2D eigenvalue weighted by molar-refractivity contribution is 5.89. The van der Waals surface area contributed by atoms with Gasteiger partial charge in [0.15, 0.2) is 5.82 Å². The van der Waals surface area contributed by atoms with Crippen molar-refractivity contribution in [2.24, 2.45) is 0 Å². The summed E-state index contributed by atoms with van der Waals surface area (Å²) in [4.78, 5) is 26.3. The standard InChI is InChI=1S/C13H14N4O3/c1-2-7-20-12(18)9-3-5-10(6-4-9)15-11-8-14-17-13(19)16-11/h3-6,8H,2,7H2,1H3,(H2,15,16,17,19). The second-order valence-electron chi connectivity index (χ2n) is 4.01. The Morgan fingerprint density at radius 2 is 2.10 bits per heavy atom. The van der Waals surface area contributed by atoms with Crippen LogP contribution < -0.4 is 11.0 Å². The van der Waals surface area contributed by atoms with E-state index in [-0.39, 0.29) is 5.97 Å². The minimum atomic E-state index is -0.533. The maximum absolute atomic E-state index is 11.6. The van der Waals surface area contributed by atoms with E-state index in [4.69, 9.17) is 4.74 Å². The first-order valence-corrected chi connectivity index (χ1v) is 6.15. The zero-order chi connectivity index (χ0) is 14.4. The summed E-state index contributed by atoms with van der Waals surface area (Å²) >= 11 is 0. The van der Waals surface area contributed by atoms with E-state index in [1.165, 1.54) is 6.20 Å². The Morgan fingerprint density at radius 3 is 2.75 bits per heavy atom. The Labute approximate surface area is 115 Å².